The molecule has 0 aliphatic carbocycles. The van der Waals surface area contributed by atoms with Gasteiger partial charge in [-0.2, -0.15) is 0 Å². The van der Waals surface area contributed by atoms with Crippen molar-refractivity contribution in [2.24, 2.45) is 0 Å². The molecule has 1 aromatic carbocycles. The van der Waals surface area contributed by atoms with Gasteiger partial charge in [-0.05, 0) is 23.8 Å². The summed E-state index contributed by atoms with van der Waals surface area (Å²) in [5.41, 5.74) is 1.19. The summed E-state index contributed by atoms with van der Waals surface area (Å²) in [4.78, 5) is 32.6. The minimum absolute atomic E-state index is 0.0773. The van der Waals surface area contributed by atoms with Gasteiger partial charge in [0.25, 0.3) is 11.7 Å². The van der Waals surface area contributed by atoms with Gasteiger partial charge in [-0.3, -0.25) is 14.6 Å². The number of ketones is 1. The summed E-state index contributed by atoms with van der Waals surface area (Å²) in [7, 11) is 5.60. The minimum Gasteiger partial charge on any atom is -0.507 e. The van der Waals surface area contributed by atoms with Crippen LogP contribution in [0.4, 0.5) is 0 Å². The highest BCUT2D eigenvalue weighted by atomic mass is 16.5. The number of hydrogen-bond acceptors (Lipinski definition) is 5. The van der Waals surface area contributed by atoms with Gasteiger partial charge < -0.3 is 19.6 Å². The third-order valence-electron chi connectivity index (χ3n) is 4.96. The number of aromatic nitrogens is 1. The number of Topliss-reactive ketones (excluding diaryl/α,β-unsaturated/α-hetero) is 1. The molecule has 3 rings (SSSR count). The molecule has 29 heavy (non-hydrogen) atoms. The van der Waals surface area contributed by atoms with E-state index in [1.54, 1.807) is 42.7 Å². The molecule has 1 aromatic heterocycles. The molecule has 1 amide bonds. The second kappa shape index (κ2) is 8.87. The molecule has 1 unspecified atom stereocenters. The fourth-order valence-corrected chi connectivity index (χ4v) is 3.52. The molecular formula is C22H26N3O4+. The van der Waals surface area contributed by atoms with Crippen LogP contribution in [0.15, 0.2) is 54.4 Å². The van der Waals surface area contributed by atoms with Crippen molar-refractivity contribution in [1.82, 2.24) is 9.88 Å². The Morgan fingerprint density at radius 1 is 1.24 bits per heavy atom. The number of carbonyl (C=O) groups excluding carboxylic acids is 2. The third-order valence-corrected chi connectivity index (χ3v) is 4.96. The Bertz CT molecular complexity index is 925. The number of ether oxygens (including phenoxy) is 1. The SMILES string of the molecule is COc1cccc(C(O)=C2C(=O)C(=O)N(CCC[NH+](C)C)C2c2cccnc2)c1. The number of quaternary nitrogens is 1. The van der Waals surface area contributed by atoms with Crippen LogP contribution in [0.2, 0.25) is 0 Å². The zero-order valence-corrected chi connectivity index (χ0v) is 16.9. The summed E-state index contributed by atoms with van der Waals surface area (Å²) in [6.45, 7) is 1.28. The zero-order chi connectivity index (χ0) is 21.0. The van der Waals surface area contributed by atoms with Crippen LogP contribution in [-0.2, 0) is 9.59 Å². The smallest absolute Gasteiger partial charge is 0.295 e. The van der Waals surface area contributed by atoms with Crippen LogP contribution in [0.3, 0.4) is 0 Å². The Hall–Kier alpha value is -3.19. The van der Waals surface area contributed by atoms with Crippen LogP contribution in [0.25, 0.3) is 5.76 Å². The van der Waals surface area contributed by atoms with Crippen molar-refractivity contribution < 1.29 is 24.3 Å². The van der Waals surface area contributed by atoms with E-state index >= 15 is 0 Å². The summed E-state index contributed by atoms with van der Waals surface area (Å²) in [6.07, 6.45) is 4.00. The first-order chi connectivity index (χ1) is 13.9. The predicted molar refractivity (Wildman–Crippen MR) is 109 cm³/mol. The summed E-state index contributed by atoms with van der Waals surface area (Å²) in [5, 5.41) is 11.0. The second-order valence-corrected chi connectivity index (χ2v) is 7.32. The molecule has 1 aliphatic rings. The van der Waals surface area contributed by atoms with Crippen molar-refractivity contribution in [1.29, 1.82) is 0 Å². The molecule has 1 saturated heterocycles. The number of methoxy groups -OCH3 is 1. The van der Waals surface area contributed by atoms with Crippen LogP contribution in [0.5, 0.6) is 5.75 Å². The molecule has 2 N–H and O–H groups in total. The quantitative estimate of drug-likeness (QED) is 0.415. The van der Waals surface area contributed by atoms with Crippen LogP contribution >= 0.6 is 0 Å². The summed E-state index contributed by atoms with van der Waals surface area (Å²) >= 11 is 0. The molecule has 7 heteroatoms. The molecule has 0 bridgehead atoms. The van der Waals surface area contributed by atoms with Crippen molar-refractivity contribution >= 4 is 17.4 Å². The number of nitrogens with one attached hydrogen (secondary N) is 1. The zero-order valence-electron chi connectivity index (χ0n) is 16.9. The molecule has 0 radical (unpaired) electrons. The van der Waals surface area contributed by atoms with Gasteiger partial charge in [0.15, 0.2) is 0 Å². The van der Waals surface area contributed by atoms with Gasteiger partial charge in [0.2, 0.25) is 0 Å². The van der Waals surface area contributed by atoms with Gasteiger partial charge >= 0.3 is 0 Å². The number of carbonyl (C=O) groups is 2. The van der Waals surface area contributed by atoms with Gasteiger partial charge in [-0.25, -0.2) is 0 Å². The average molecular weight is 396 g/mol. The molecule has 2 heterocycles. The van der Waals surface area contributed by atoms with Gasteiger partial charge in [-0.15, -0.1) is 0 Å². The number of likely N-dealkylation sites (tertiary alicyclic amines) is 1. The standard InChI is InChI=1S/C22H25N3O4/c1-24(2)11-6-12-25-19(16-8-5-10-23-14-16)18(21(27)22(25)28)20(26)15-7-4-9-17(13-15)29-3/h4-5,7-10,13-14,19,26H,6,11-12H2,1-3H3/p+1. The monoisotopic (exact) mass is 396 g/mol. The lowest BCUT2D eigenvalue weighted by Gasteiger charge is -2.25. The Labute approximate surface area is 170 Å². The van der Waals surface area contributed by atoms with Crippen molar-refractivity contribution in [3.8, 4) is 5.75 Å². The number of amides is 1. The van der Waals surface area contributed by atoms with Crippen molar-refractivity contribution in [3.05, 3.63) is 65.5 Å². The lowest BCUT2D eigenvalue weighted by Crippen LogP contribution is -3.05. The summed E-state index contributed by atoms with van der Waals surface area (Å²) in [6, 6.07) is 9.68. The second-order valence-electron chi connectivity index (χ2n) is 7.32. The highest BCUT2D eigenvalue weighted by Crippen LogP contribution is 2.39. The molecule has 1 fully saturated rings. The van der Waals surface area contributed by atoms with E-state index in [4.69, 9.17) is 4.74 Å². The highest BCUT2D eigenvalue weighted by Gasteiger charge is 2.46. The van der Waals surface area contributed by atoms with E-state index in [0.717, 1.165) is 13.0 Å². The Kier molecular flexibility index (Phi) is 6.29. The number of rotatable bonds is 7. The van der Waals surface area contributed by atoms with Crippen LogP contribution < -0.4 is 9.64 Å². The summed E-state index contributed by atoms with van der Waals surface area (Å²) < 4.78 is 5.22. The maximum Gasteiger partial charge on any atom is 0.295 e. The van der Waals surface area contributed by atoms with E-state index in [1.165, 1.54) is 16.9 Å². The predicted octanol–water partition coefficient (Wildman–Crippen LogP) is 1.05. The first-order valence-electron chi connectivity index (χ1n) is 9.55. The number of aliphatic hydroxyl groups excluding tert-OH is 1. The van der Waals surface area contributed by atoms with Crippen molar-refractivity contribution in [2.75, 3.05) is 34.3 Å². The molecule has 2 aromatic rings. The Morgan fingerprint density at radius 2 is 2.03 bits per heavy atom. The van der Waals surface area contributed by atoms with Gasteiger partial charge in [-0.1, -0.05) is 18.2 Å². The van der Waals surface area contributed by atoms with Crippen molar-refractivity contribution in [2.45, 2.75) is 12.5 Å². The topological polar surface area (TPSA) is 84.2 Å². The molecule has 7 nitrogen and oxygen atoms in total. The van der Waals surface area contributed by atoms with Gasteiger partial charge in [0.1, 0.15) is 11.5 Å². The summed E-state index contributed by atoms with van der Waals surface area (Å²) in [5.74, 6) is -0.944. The molecule has 0 saturated carbocycles. The largest absolute Gasteiger partial charge is 0.507 e. The van der Waals surface area contributed by atoms with E-state index in [-0.39, 0.29) is 11.3 Å². The molecule has 1 atom stereocenters. The van der Waals surface area contributed by atoms with E-state index in [2.05, 4.69) is 4.98 Å². The van der Waals surface area contributed by atoms with Crippen LogP contribution in [0.1, 0.15) is 23.6 Å². The lowest BCUT2D eigenvalue weighted by molar-refractivity contribution is -0.858. The van der Waals surface area contributed by atoms with Crippen molar-refractivity contribution in [3.63, 3.8) is 0 Å². The number of hydrogen-bond donors (Lipinski definition) is 2. The maximum absolute atomic E-state index is 12.9. The van der Waals surface area contributed by atoms with E-state index in [1.807, 2.05) is 20.2 Å². The Balaban J connectivity index is 2.07. The number of nitrogens with zero attached hydrogens (tertiary/aromatic N) is 2. The minimum atomic E-state index is -0.684. The first-order valence-corrected chi connectivity index (χ1v) is 9.55. The van der Waals surface area contributed by atoms with Crippen LogP contribution in [0, 0.1) is 0 Å². The van der Waals surface area contributed by atoms with E-state index in [0.29, 0.717) is 23.4 Å². The molecule has 152 valence electrons. The molecule has 0 spiro atoms. The maximum atomic E-state index is 12.9. The number of benzene rings is 1. The number of pyridine rings is 1. The molecular weight excluding hydrogens is 370 g/mol. The van der Waals surface area contributed by atoms with Gasteiger partial charge in [0, 0.05) is 30.9 Å². The first kappa shape index (κ1) is 20.5. The third kappa shape index (κ3) is 4.30. The average Bonchev–Trinajstić information content (AvgIpc) is 2.98. The van der Waals surface area contributed by atoms with E-state index < -0.39 is 17.7 Å². The normalized spacial score (nSPS) is 18.5. The highest BCUT2D eigenvalue weighted by molar-refractivity contribution is 6.46. The lowest BCUT2D eigenvalue weighted by atomic mass is 9.96. The Morgan fingerprint density at radius 3 is 2.69 bits per heavy atom. The fraction of sp³-hybridized carbons (Fsp3) is 0.318. The molecule has 1 aliphatic heterocycles. The number of aliphatic hydroxyl groups is 1. The van der Waals surface area contributed by atoms with Gasteiger partial charge in [0.05, 0.1) is 39.4 Å². The van der Waals surface area contributed by atoms with E-state index in [9.17, 15) is 14.7 Å². The van der Waals surface area contributed by atoms with Crippen LogP contribution in [-0.4, -0.2) is 61.0 Å². The fourth-order valence-electron chi connectivity index (χ4n) is 3.52.